The number of aliphatic hydroxyl groups excluding tert-OH is 1. The molecule has 0 aliphatic rings. The summed E-state index contributed by atoms with van der Waals surface area (Å²) >= 11 is 0. The average molecular weight is 227 g/mol. The van der Waals surface area contributed by atoms with Gasteiger partial charge in [0.2, 0.25) is 0 Å². The number of nitrogens with one attached hydrogen (secondary N) is 1. The summed E-state index contributed by atoms with van der Waals surface area (Å²) in [6.07, 6.45) is -0.169. The Bertz CT molecular complexity index is 331. The van der Waals surface area contributed by atoms with Crippen molar-refractivity contribution in [3.8, 4) is 5.75 Å². The molecule has 0 aliphatic heterocycles. The summed E-state index contributed by atoms with van der Waals surface area (Å²) in [5.74, 6) is 0.156. The predicted molar refractivity (Wildman–Crippen MR) is 61.1 cm³/mol. The van der Waals surface area contributed by atoms with Crippen molar-refractivity contribution < 1.29 is 14.2 Å². The second-order valence-electron chi connectivity index (χ2n) is 3.54. The van der Waals surface area contributed by atoms with Gasteiger partial charge in [-0.1, -0.05) is 6.92 Å². The van der Waals surface area contributed by atoms with E-state index in [0.29, 0.717) is 24.3 Å². The van der Waals surface area contributed by atoms with Crippen LogP contribution >= 0.6 is 0 Å². The molecule has 2 N–H and O–H groups in total. The van der Waals surface area contributed by atoms with Gasteiger partial charge in [0.25, 0.3) is 0 Å². The van der Waals surface area contributed by atoms with Crippen LogP contribution in [0.2, 0.25) is 0 Å². The molecule has 0 aliphatic carbocycles. The van der Waals surface area contributed by atoms with Gasteiger partial charge in [0.05, 0.1) is 13.2 Å². The topological polar surface area (TPSA) is 41.5 Å². The Hall–Kier alpha value is -1.13. The molecule has 90 valence electrons. The normalized spacial score (nSPS) is 12.5. The smallest absolute Gasteiger partial charge is 0.124 e. The molecular weight excluding hydrogens is 209 g/mol. The summed E-state index contributed by atoms with van der Waals surface area (Å²) in [7, 11) is 1.51. The minimum atomic E-state index is -0.704. The van der Waals surface area contributed by atoms with Crippen LogP contribution in [-0.2, 0) is 0 Å². The Morgan fingerprint density at radius 2 is 2.25 bits per heavy atom. The second-order valence-corrected chi connectivity index (χ2v) is 3.54. The van der Waals surface area contributed by atoms with Gasteiger partial charge in [0.15, 0.2) is 0 Å². The van der Waals surface area contributed by atoms with Crippen LogP contribution in [0.3, 0.4) is 0 Å². The molecule has 0 spiro atoms. The van der Waals surface area contributed by atoms with Crippen LogP contribution in [0.4, 0.5) is 4.39 Å². The molecule has 1 rings (SSSR count). The van der Waals surface area contributed by atoms with Crippen molar-refractivity contribution in [2.75, 3.05) is 20.2 Å². The van der Waals surface area contributed by atoms with Crippen molar-refractivity contribution in [2.24, 2.45) is 0 Å². The summed E-state index contributed by atoms with van der Waals surface area (Å²) in [4.78, 5) is 0. The molecule has 3 nitrogen and oxygen atoms in total. The maximum Gasteiger partial charge on any atom is 0.124 e. The number of ether oxygens (including phenoxy) is 1. The number of methoxy groups -OCH3 is 1. The molecule has 0 amide bonds. The Balaban J connectivity index is 2.72. The lowest BCUT2D eigenvalue weighted by Crippen LogP contribution is -2.17. The minimum Gasteiger partial charge on any atom is -0.496 e. The number of halogens is 1. The SMILES string of the molecule is CCNCCC(O)c1cc(F)ccc1OC. The minimum absolute atomic E-state index is 0.363. The second kappa shape index (κ2) is 6.45. The first-order valence-electron chi connectivity index (χ1n) is 5.41. The predicted octanol–water partition coefficient (Wildman–Crippen LogP) is 1.87. The van der Waals surface area contributed by atoms with Gasteiger partial charge in [-0.3, -0.25) is 0 Å². The fourth-order valence-corrected chi connectivity index (χ4v) is 1.54. The number of benzene rings is 1. The molecule has 1 atom stereocenters. The van der Waals surface area contributed by atoms with E-state index in [1.54, 1.807) is 0 Å². The van der Waals surface area contributed by atoms with Gasteiger partial charge in [-0.2, -0.15) is 0 Å². The summed E-state index contributed by atoms with van der Waals surface area (Å²) in [5, 5.41) is 13.0. The van der Waals surface area contributed by atoms with Gasteiger partial charge in [0, 0.05) is 5.56 Å². The first kappa shape index (κ1) is 12.9. The lowest BCUT2D eigenvalue weighted by Gasteiger charge is -2.14. The first-order chi connectivity index (χ1) is 7.69. The van der Waals surface area contributed by atoms with Crippen LogP contribution in [0.15, 0.2) is 18.2 Å². The highest BCUT2D eigenvalue weighted by molar-refractivity contribution is 5.35. The van der Waals surface area contributed by atoms with E-state index in [4.69, 9.17) is 4.74 Å². The van der Waals surface area contributed by atoms with Gasteiger partial charge in [-0.15, -0.1) is 0 Å². The quantitative estimate of drug-likeness (QED) is 0.729. The maximum atomic E-state index is 13.0. The molecule has 4 heteroatoms. The van der Waals surface area contributed by atoms with E-state index in [2.05, 4.69) is 5.32 Å². The van der Waals surface area contributed by atoms with E-state index < -0.39 is 6.10 Å². The van der Waals surface area contributed by atoms with E-state index in [9.17, 15) is 9.50 Å². The zero-order valence-electron chi connectivity index (χ0n) is 9.66. The van der Waals surface area contributed by atoms with E-state index in [-0.39, 0.29) is 5.82 Å². The molecule has 1 aromatic carbocycles. The van der Waals surface area contributed by atoms with Crippen LogP contribution in [0, 0.1) is 5.82 Å². The number of rotatable bonds is 6. The molecule has 0 saturated heterocycles. The van der Waals surface area contributed by atoms with Gasteiger partial charge in [-0.25, -0.2) is 4.39 Å². The van der Waals surface area contributed by atoms with Gasteiger partial charge >= 0.3 is 0 Å². The lowest BCUT2D eigenvalue weighted by atomic mass is 10.1. The third-order valence-corrected chi connectivity index (χ3v) is 2.40. The molecule has 0 saturated carbocycles. The van der Waals surface area contributed by atoms with E-state index >= 15 is 0 Å². The molecule has 1 aromatic rings. The van der Waals surface area contributed by atoms with Crippen LogP contribution in [0.1, 0.15) is 25.0 Å². The summed E-state index contributed by atoms with van der Waals surface area (Å²) in [5.41, 5.74) is 0.500. The van der Waals surface area contributed by atoms with E-state index in [1.165, 1.54) is 25.3 Å². The molecule has 0 heterocycles. The molecule has 1 unspecified atom stereocenters. The number of hydrogen-bond acceptors (Lipinski definition) is 3. The molecule has 0 fully saturated rings. The lowest BCUT2D eigenvalue weighted by molar-refractivity contribution is 0.162. The Morgan fingerprint density at radius 1 is 1.50 bits per heavy atom. The highest BCUT2D eigenvalue weighted by atomic mass is 19.1. The van der Waals surface area contributed by atoms with Crippen molar-refractivity contribution >= 4 is 0 Å². The molecular formula is C12H18FNO2. The van der Waals surface area contributed by atoms with Crippen LogP contribution in [0.25, 0.3) is 0 Å². The number of aliphatic hydroxyl groups is 1. The van der Waals surface area contributed by atoms with Crippen molar-refractivity contribution in [3.05, 3.63) is 29.6 Å². The largest absolute Gasteiger partial charge is 0.496 e. The zero-order valence-corrected chi connectivity index (χ0v) is 9.66. The molecule has 16 heavy (non-hydrogen) atoms. The van der Waals surface area contributed by atoms with Crippen LogP contribution in [0.5, 0.6) is 5.75 Å². The van der Waals surface area contributed by atoms with Crippen LogP contribution in [-0.4, -0.2) is 25.3 Å². The first-order valence-corrected chi connectivity index (χ1v) is 5.41. The fraction of sp³-hybridized carbons (Fsp3) is 0.500. The standard InChI is InChI=1S/C12H18FNO2/c1-3-14-7-6-11(15)10-8-9(13)4-5-12(10)16-2/h4-5,8,11,14-15H,3,6-7H2,1-2H3. The summed E-state index contributed by atoms with van der Waals surface area (Å²) in [6, 6.07) is 4.16. The Labute approximate surface area is 95.2 Å². The van der Waals surface area contributed by atoms with E-state index in [1.807, 2.05) is 6.92 Å². The van der Waals surface area contributed by atoms with Gasteiger partial charge in [-0.05, 0) is 37.7 Å². The average Bonchev–Trinajstić information content (AvgIpc) is 2.29. The maximum absolute atomic E-state index is 13.0. The zero-order chi connectivity index (χ0) is 12.0. The third-order valence-electron chi connectivity index (χ3n) is 2.40. The van der Waals surface area contributed by atoms with Crippen LogP contribution < -0.4 is 10.1 Å². The van der Waals surface area contributed by atoms with Crippen molar-refractivity contribution in [1.29, 1.82) is 0 Å². The Kier molecular flexibility index (Phi) is 5.22. The molecule has 0 radical (unpaired) electrons. The van der Waals surface area contributed by atoms with Gasteiger partial charge in [0.1, 0.15) is 11.6 Å². The highest BCUT2D eigenvalue weighted by Gasteiger charge is 2.13. The highest BCUT2D eigenvalue weighted by Crippen LogP contribution is 2.27. The van der Waals surface area contributed by atoms with Crippen molar-refractivity contribution in [3.63, 3.8) is 0 Å². The van der Waals surface area contributed by atoms with Crippen molar-refractivity contribution in [1.82, 2.24) is 5.32 Å². The third kappa shape index (κ3) is 3.47. The summed E-state index contributed by atoms with van der Waals surface area (Å²) in [6.45, 7) is 3.54. The molecule has 0 aromatic heterocycles. The summed E-state index contributed by atoms with van der Waals surface area (Å²) < 4.78 is 18.1. The Morgan fingerprint density at radius 3 is 2.88 bits per heavy atom. The number of hydrogen-bond donors (Lipinski definition) is 2. The monoisotopic (exact) mass is 227 g/mol. The van der Waals surface area contributed by atoms with Gasteiger partial charge < -0.3 is 15.2 Å². The van der Waals surface area contributed by atoms with Crippen molar-refractivity contribution in [2.45, 2.75) is 19.4 Å². The fourth-order valence-electron chi connectivity index (χ4n) is 1.54. The van der Waals surface area contributed by atoms with E-state index in [0.717, 1.165) is 6.54 Å². The molecule has 0 bridgehead atoms.